The second kappa shape index (κ2) is 29.2. The van der Waals surface area contributed by atoms with Gasteiger partial charge in [-0.3, -0.25) is 25.9 Å². The van der Waals surface area contributed by atoms with Crippen molar-refractivity contribution in [2.24, 2.45) is 20.5 Å². The Morgan fingerprint density at radius 1 is 0.584 bits per heavy atom. The van der Waals surface area contributed by atoms with Crippen LogP contribution in [0.25, 0.3) is 0 Å². The molecular formula is C49H61N15O12S. The first-order valence-electron chi connectivity index (χ1n) is 24.0. The van der Waals surface area contributed by atoms with Gasteiger partial charge in [0.15, 0.2) is 0 Å². The second-order valence-corrected chi connectivity index (χ2v) is 18.9. The molecule has 77 heavy (non-hydrogen) atoms. The molecule has 0 spiro atoms. The molecule has 0 saturated carbocycles. The summed E-state index contributed by atoms with van der Waals surface area (Å²) in [5.41, 5.74) is 11.9. The molecule has 27 nitrogen and oxygen atoms in total. The third-order valence-electron chi connectivity index (χ3n) is 11.6. The van der Waals surface area contributed by atoms with E-state index in [0.29, 0.717) is 106 Å². The first kappa shape index (κ1) is 57.3. The number of nitrogen functional groups attached to an aromatic ring is 1. The number of hydrogen-bond donors (Lipinski definition) is 10. The molecule has 2 aliphatic heterocycles. The van der Waals surface area contributed by atoms with Crippen molar-refractivity contribution in [1.82, 2.24) is 35.2 Å². The molecule has 0 atom stereocenters. The van der Waals surface area contributed by atoms with E-state index in [1.807, 2.05) is 0 Å². The van der Waals surface area contributed by atoms with E-state index in [0.717, 1.165) is 39.3 Å². The highest BCUT2D eigenvalue weighted by atomic mass is 32.2. The number of aromatic nitrogens is 3. The van der Waals surface area contributed by atoms with Gasteiger partial charge in [0.1, 0.15) is 49.3 Å². The number of methoxy groups -OCH3 is 2. The van der Waals surface area contributed by atoms with Crippen LogP contribution in [-0.4, -0.2) is 129 Å². The van der Waals surface area contributed by atoms with Crippen molar-refractivity contribution < 1.29 is 58.5 Å². The lowest BCUT2D eigenvalue weighted by molar-refractivity contribution is -0.254. The molecule has 3 heterocycles. The number of nitrogens with zero attached hydrogens (tertiary/aromatic N) is 9. The Morgan fingerprint density at radius 3 is 1.56 bits per heavy atom. The topological polar surface area (TPSA) is 351 Å². The van der Waals surface area contributed by atoms with Crippen molar-refractivity contribution in [3.8, 4) is 11.5 Å². The van der Waals surface area contributed by atoms with Gasteiger partial charge < -0.3 is 41.4 Å². The van der Waals surface area contributed by atoms with Gasteiger partial charge in [-0.1, -0.05) is 12.1 Å². The van der Waals surface area contributed by atoms with Crippen molar-refractivity contribution in [3.05, 3.63) is 119 Å². The molecule has 6 aromatic rings. The number of piperazine rings is 2. The van der Waals surface area contributed by atoms with Crippen molar-refractivity contribution >= 4 is 67.7 Å². The molecule has 2 saturated heterocycles. The van der Waals surface area contributed by atoms with Gasteiger partial charge in [0.2, 0.25) is 27.9 Å². The first-order valence-corrected chi connectivity index (χ1v) is 25.5. The summed E-state index contributed by atoms with van der Waals surface area (Å²) in [4.78, 5) is 35.2. The predicted octanol–water partition coefficient (Wildman–Crippen LogP) is 7.03. The fraction of sp³-hybridized carbons (Fsp3) is 0.327. The van der Waals surface area contributed by atoms with Gasteiger partial charge in [0, 0.05) is 94.6 Å². The Morgan fingerprint density at radius 2 is 1.05 bits per heavy atom. The molecule has 0 bridgehead atoms. The maximum Gasteiger partial charge on any atom is 0.240 e. The third kappa shape index (κ3) is 17.6. The number of nitrogens with one attached hydrogen (secondary N) is 5. The number of sulfonamides is 1. The van der Waals surface area contributed by atoms with Crippen molar-refractivity contribution in [2.75, 3.05) is 101 Å². The van der Waals surface area contributed by atoms with E-state index < -0.39 is 10.0 Å². The largest absolute Gasteiger partial charge is 0.494 e. The summed E-state index contributed by atoms with van der Waals surface area (Å²) in [6, 6.07) is 26.8. The second-order valence-electron chi connectivity index (χ2n) is 17.1. The fourth-order valence-corrected chi connectivity index (χ4v) is 8.91. The third-order valence-corrected chi connectivity index (χ3v) is 13.0. The van der Waals surface area contributed by atoms with Crippen LogP contribution in [0.2, 0.25) is 0 Å². The quantitative estimate of drug-likeness (QED) is 0.0126. The zero-order valence-electron chi connectivity index (χ0n) is 42.2. The molecule has 0 amide bonds. The van der Waals surface area contributed by atoms with Gasteiger partial charge in [-0.25, -0.2) is 32.7 Å². The standard InChI is InChI=1S/C34H44N12O7S.C15H17N3O5/c1-51-31-21-27(4-7-30(31)44-43-28-19-24(22-52-47)18-25(20-28)23-53-48)39-33-40-32(41-34(42-33)46-16-10-36-11-17-46)38-26-2-5-29(6-3-26)54(49,50)37-12-15-45-13-8-35-9-14-45;1-21-15-7-12(16)2-3-14(15)18-17-13-5-10(8-22-19)4-11(6-13)9-23-20/h2-7,18-21,35-37,47-48H,8-17,22-23H2,1H3,(H2,38,39,40,41,42);2-7,19-20H,8-9,16H2,1H3. The Bertz CT molecular complexity index is 2970. The minimum absolute atomic E-state index is 0.0209. The van der Waals surface area contributed by atoms with Crippen LogP contribution in [-0.2, 0) is 56.0 Å². The Hall–Kier alpha value is -7.42. The highest BCUT2D eigenvalue weighted by Gasteiger charge is 2.19. The number of azo groups is 2. The fourth-order valence-electron chi connectivity index (χ4n) is 7.89. The van der Waals surface area contributed by atoms with E-state index in [4.69, 9.17) is 41.2 Å². The van der Waals surface area contributed by atoms with Crippen molar-refractivity contribution in [2.45, 2.75) is 31.3 Å². The SMILES string of the molecule is COc1cc(N)ccc1N=Nc1cc(COO)cc(COO)c1.COc1cc(Nc2nc(Nc3ccc(S(=O)(=O)NCCN4CCNCC4)cc3)nc(N3CCNCC3)n2)ccc1N=Nc1cc(COO)cc(COO)c1. The monoisotopic (exact) mass is 1080 g/mol. The first-order chi connectivity index (χ1) is 37.5. The van der Waals surface area contributed by atoms with Crippen LogP contribution in [0.3, 0.4) is 0 Å². The van der Waals surface area contributed by atoms with E-state index in [9.17, 15) is 8.42 Å². The summed E-state index contributed by atoms with van der Waals surface area (Å²) in [6.07, 6.45) is 0. The summed E-state index contributed by atoms with van der Waals surface area (Å²) in [5.74, 6) is 1.93. The molecule has 2 aliphatic rings. The minimum Gasteiger partial charge on any atom is -0.494 e. The molecule has 0 radical (unpaired) electrons. The highest BCUT2D eigenvalue weighted by molar-refractivity contribution is 7.89. The highest BCUT2D eigenvalue weighted by Crippen LogP contribution is 2.34. The number of ether oxygens (including phenoxy) is 2. The van der Waals surface area contributed by atoms with Crippen LogP contribution in [0.4, 0.5) is 57.7 Å². The summed E-state index contributed by atoms with van der Waals surface area (Å²) >= 11 is 0. The lowest BCUT2D eigenvalue weighted by Crippen LogP contribution is -2.46. The number of benzene rings is 5. The van der Waals surface area contributed by atoms with Crippen LogP contribution in [0.15, 0.2) is 122 Å². The molecular weight excluding hydrogens is 1020 g/mol. The molecule has 0 aliphatic carbocycles. The van der Waals surface area contributed by atoms with Gasteiger partial charge in [-0.05, 0) is 95.1 Å². The van der Waals surface area contributed by atoms with E-state index in [1.54, 1.807) is 97.1 Å². The zero-order valence-corrected chi connectivity index (χ0v) is 43.0. The summed E-state index contributed by atoms with van der Waals surface area (Å²) in [5, 5.41) is 64.9. The van der Waals surface area contributed by atoms with E-state index in [-0.39, 0.29) is 43.2 Å². The maximum absolute atomic E-state index is 13.0. The van der Waals surface area contributed by atoms with Gasteiger partial charge in [0.25, 0.3) is 0 Å². The summed E-state index contributed by atoms with van der Waals surface area (Å²) < 4.78 is 39.4. The van der Waals surface area contributed by atoms with Crippen LogP contribution < -0.4 is 46.1 Å². The average Bonchev–Trinajstić information content (AvgIpc) is 3.43. The molecule has 0 unspecified atom stereocenters. The molecule has 11 N–H and O–H groups in total. The van der Waals surface area contributed by atoms with Gasteiger partial charge in [0.05, 0.1) is 30.5 Å². The van der Waals surface area contributed by atoms with Crippen LogP contribution in [0.1, 0.15) is 22.3 Å². The van der Waals surface area contributed by atoms with Gasteiger partial charge in [-0.2, -0.15) is 25.2 Å². The lowest BCUT2D eigenvalue weighted by Gasteiger charge is -2.27. The molecule has 5 aromatic carbocycles. The van der Waals surface area contributed by atoms with E-state index in [2.05, 4.69) is 85.8 Å². The predicted molar refractivity (Wildman–Crippen MR) is 284 cm³/mol. The zero-order chi connectivity index (χ0) is 54.4. The Labute approximate surface area is 443 Å². The maximum atomic E-state index is 13.0. The minimum atomic E-state index is -3.68. The van der Waals surface area contributed by atoms with Crippen molar-refractivity contribution in [1.29, 1.82) is 0 Å². The van der Waals surface area contributed by atoms with Crippen LogP contribution in [0, 0.1) is 0 Å². The molecule has 1 aromatic heterocycles. The number of hydrogen-bond acceptors (Lipinski definition) is 26. The Balaban J connectivity index is 0.000000312. The Kier molecular flexibility index (Phi) is 21.7. The summed E-state index contributed by atoms with van der Waals surface area (Å²) in [7, 11) is -0.648. The van der Waals surface area contributed by atoms with Crippen molar-refractivity contribution in [3.63, 3.8) is 0 Å². The smallest absolute Gasteiger partial charge is 0.240 e. The van der Waals surface area contributed by atoms with Gasteiger partial charge in [-0.15, -0.1) is 10.2 Å². The van der Waals surface area contributed by atoms with Crippen LogP contribution in [0.5, 0.6) is 11.5 Å². The molecule has 8 rings (SSSR count). The molecule has 28 heteroatoms. The molecule has 410 valence electrons. The lowest BCUT2D eigenvalue weighted by atomic mass is 10.1. The molecule has 2 fully saturated rings. The van der Waals surface area contributed by atoms with E-state index in [1.165, 1.54) is 14.2 Å². The van der Waals surface area contributed by atoms with Gasteiger partial charge >= 0.3 is 0 Å². The number of anilines is 6. The van der Waals surface area contributed by atoms with E-state index >= 15 is 0 Å². The average molecular weight is 1080 g/mol. The number of rotatable bonds is 24. The van der Waals surface area contributed by atoms with Crippen LogP contribution >= 0.6 is 0 Å². The normalized spacial score (nSPS) is 14.1. The number of nitrogens with two attached hydrogens (primary N) is 1. The summed E-state index contributed by atoms with van der Waals surface area (Å²) in [6.45, 7) is 7.33.